The quantitative estimate of drug-likeness (QED) is 0.171. The summed E-state index contributed by atoms with van der Waals surface area (Å²) < 4.78 is 2.26. The number of para-hydroxylation sites is 1. The molecule has 0 saturated carbocycles. The molecule has 2 atom stereocenters. The van der Waals surface area contributed by atoms with Gasteiger partial charge in [-0.25, -0.2) is 4.98 Å². The summed E-state index contributed by atoms with van der Waals surface area (Å²) in [5.41, 5.74) is 16.1. The second-order valence-electron chi connectivity index (χ2n) is 14.6. The van der Waals surface area contributed by atoms with Gasteiger partial charge >= 0.3 is 25.8 Å². The van der Waals surface area contributed by atoms with Gasteiger partial charge in [0.2, 0.25) is 0 Å². The summed E-state index contributed by atoms with van der Waals surface area (Å²) in [4.78, 5) is 5.54. The third-order valence-corrected chi connectivity index (χ3v) is 9.54. The van der Waals surface area contributed by atoms with E-state index in [1.54, 1.807) is 53.4 Å². The molecule has 2 aliphatic carbocycles. The number of benzene rings is 3. The Morgan fingerprint density at radius 3 is 1.79 bits per heavy atom. The zero-order valence-corrected chi connectivity index (χ0v) is 38.2. The van der Waals surface area contributed by atoms with Gasteiger partial charge in [-0.05, 0) is 97.7 Å². The minimum atomic E-state index is -0.196. The third kappa shape index (κ3) is 10.6. The molecule has 52 heavy (non-hydrogen) atoms. The van der Waals surface area contributed by atoms with Gasteiger partial charge in [0.1, 0.15) is 0 Å². The SMILES string of the molecule is C[N-]C.C[N-]C.C[N-]C.Cc1cc(C)c(C([N-]c2c(C(C)C)cccc2C(C)C)c2nc(C3C4=C(CCCC4)c4ccccc43)cn2C)c(C)c1.[Hf+4]. The summed E-state index contributed by atoms with van der Waals surface area (Å²) in [5, 5.41) is 16.2. The van der Waals surface area contributed by atoms with Crippen LogP contribution in [0, 0.1) is 20.8 Å². The van der Waals surface area contributed by atoms with Crippen molar-refractivity contribution in [2.75, 3.05) is 42.3 Å². The van der Waals surface area contributed by atoms with Crippen molar-refractivity contribution in [2.24, 2.45) is 7.05 Å². The molecule has 7 heteroatoms. The largest absolute Gasteiger partial charge is 4.00 e. The molecule has 278 valence electrons. The van der Waals surface area contributed by atoms with E-state index in [4.69, 9.17) is 10.3 Å². The van der Waals surface area contributed by atoms with Gasteiger partial charge in [0.25, 0.3) is 0 Å². The van der Waals surface area contributed by atoms with Gasteiger partial charge in [-0.1, -0.05) is 105 Å². The molecule has 2 aliphatic rings. The summed E-state index contributed by atoms with van der Waals surface area (Å²) in [6, 6.07) is 20.2. The average molecular weight is 868 g/mol. The van der Waals surface area contributed by atoms with Crippen molar-refractivity contribution in [2.45, 2.75) is 97.9 Å². The van der Waals surface area contributed by atoms with Crippen molar-refractivity contribution in [1.82, 2.24) is 9.55 Å². The van der Waals surface area contributed by atoms with Crippen molar-refractivity contribution >= 4 is 11.3 Å². The summed E-state index contributed by atoms with van der Waals surface area (Å²) in [7, 11) is 12.7. The molecule has 0 amide bonds. The first-order chi connectivity index (χ1) is 24.4. The Balaban J connectivity index is 0.000000852. The molecule has 0 fully saturated rings. The molecule has 3 aromatic carbocycles. The molecule has 0 spiro atoms. The molecule has 1 heterocycles. The number of fused-ring (bicyclic) bond motifs is 2. The summed E-state index contributed by atoms with van der Waals surface area (Å²) in [6.45, 7) is 15.8. The standard InChI is InChI=1S/C39H46N3.3C2H6N.Hf/c1-23(2)28-18-13-19-29(24(3)4)37(28)41-38(35-26(6)20-25(5)21-27(35)7)39-40-34(22-42(39)8)36-32-16-11-9-14-30(32)31-15-10-12-17-33(31)36;3*1-3-2;/h9,11,13-14,16,18-24,36,38H,10,12,15,17H2,1-8H3;3*1-2H3;/q4*-1;+4. The third-order valence-electron chi connectivity index (χ3n) is 9.54. The Bertz CT molecular complexity index is 1680. The Hall–Kier alpha value is -2.84. The van der Waals surface area contributed by atoms with Crippen molar-refractivity contribution in [3.8, 4) is 0 Å². The summed E-state index contributed by atoms with van der Waals surface area (Å²) in [5.74, 6) is 2.03. The van der Waals surface area contributed by atoms with Crippen LogP contribution in [-0.2, 0) is 32.9 Å². The van der Waals surface area contributed by atoms with E-state index in [0.29, 0.717) is 11.8 Å². The number of hydrogen-bond acceptors (Lipinski definition) is 1. The molecule has 1 aromatic heterocycles. The smallest absolute Gasteiger partial charge is 0.671 e. The van der Waals surface area contributed by atoms with E-state index in [1.807, 2.05) is 0 Å². The van der Waals surface area contributed by atoms with Crippen LogP contribution in [0.2, 0.25) is 0 Å². The van der Waals surface area contributed by atoms with E-state index in [-0.39, 0.29) is 37.8 Å². The molecule has 6 rings (SSSR count). The Morgan fingerprint density at radius 2 is 1.25 bits per heavy atom. The first-order valence-electron chi connectivity index (χ1n) is 18.6. The minimum absolute atomic E-state index is 0. The maximum Gasteiger partial charge on any atom is 4.00 e. The van der Waals surface area contributed by atoms with Crippen LogP contribution in [0.4, 0.5) is 5.69 Å². The van der Waals surface area contributed by atoms with Gasteiger partial charge in [-0.3, -0.25) is 0 Å². The number of hydrogen-bond donors (Lipinski definition) is 0. The maximum atomic E-state index is 5.72. The van der Waals surface area contributed by atoms with Crippen molar-refractivity contribution in [3.05, 3.63) is 144 Å². The minimum Gasteiger partial charge on any atom is -0.671 e. The molecule has 0 aliphatic heterocycles. The predicted molar refractivity (Wildman–Crippen MR) is 223 cm³/mol. The van der Waals surface area contributed by atoms with Gasteiger partial charge in [0.05, 0.1) is 11.5 Å². The molecular formula is C45H64HfN6. The topological polar surface area (TPSA) is 74.2 Å². The van der Waals surface area contributed by atoms with Gasteiger partial charge in [0.15, 0.2) is 0 Å². The molecule has 0 bridgehead atoms. The van der Waals surface area contributed by atoms with Crippen LogP contribution in [0.1, 0.15) is 133 Å². The van der Waals surface area contributed by atoms with E-state index in [0.717, 1.165) is 17.2 Å². The van der Waals surface area contributed by atoms with Crippen LogP contribution in [0.25, 0.3) is 26.8 Å². The normalized spacial score (nSPS) is 14.9. The molecule has 2 unspecified atom stereocenters. The zero-order valence-electron chi connectivity index (χ0n) is 34.6. The summed E-state index contributed by atoms with van der Waals surface area (Å²) >= 11 is 0. The number of aryl methyl sites for hydroxylation is 4. The molecule has 6 nitrogen and oxygen atoms in total. The number of aromatic nitrogens is 2. The van der Waals surface area contributed by atoms with Crippen LogP contribution in [-0.4, -0.2) is 51.8 Å². The van der Waals surface area contributed by atoms with Gasteiger partial charge in [0, 0.05) is 19.2 Å². The monoisotopic (exact) mass is 868 g/mol. The molecule has 0 saturated heterocycles. The molecule has 4 aromatic rings. The predicted octanol–water partition coefficient (Wildman–Crippen LogP) is 12.7. The van der Waals surface area contributed by atoms with Crippen LogP contribution >= 0.6 is 0 Å². The number of nitrogens with zero attached hydrogens (tertiary/aromatic N) is 6. The first-order valence-corrected chi connectivity index (χ1v) is 18.6. The van der Waals surface area contributed by atoms with E-state index in [1.165, 1.54) is 70.2 Å². The van der Waals surface area contributed by atoms with Crippen LogP contribution in [0.3, 0.4) is 0 Å². The van der Waals surface area contributed by atoms with Gasteiger partial charge in [-0.2, -0.15) is 42.3 Å². The van der Waals surface area contributed by atoms with Gasteiger partial charge < -0.3 is 25.8 Å². The average Bonchev–Trinajstić information content (AvgIpc) is 3.62. The second-order valence-corrected chi connectivity index (χ2v) is 14.6. The van der Waals surface area contributed by atoms with E-state index in [2.05, 4.69) is 137 Å². The van der Waals surface area contributed by atoms with Crippen molar-refractivity contribution in [3.63, 3.8) is 0 Å². The van der Waals surface area contributed by atoms with E-state index < -0.39 is 0 Å². The molecule has 0 N–H and O–H groups in total. The Morgan fingerprint density at radius 1 is 0.731 bits per heavy atom. The maximum absolute atomic E-state index is 5.72. The zero-order chi connectivity index (χ0) is 37.8. The van der Waals surface area contributed by atoms with E-state index in [9.17, 15) is 0 Å². The van der Waals surface area contributed by atoms with Crippen LogP contribution in [0.5, 0.6) is 0 Å². The van der Waals surface area contributed by atoms with Gasteiger partial charge in [-0.15, -0.1) is 5.69 Å². The fourth-order valence-corrected chi connectivity index (χ4v) is 7.67. The van der Waals surface area contributed by atoms with Crippen LogP contribution < -0.4 is 0 Å². The number of rotatable bonds is 7. The van der Waals surface area contributed by atoms with E-state index >= 15 is 0 Å². The number of imidazole rings is 1. The molecular weight excluding hydrogens is 803 g/mol. The first kappa shape index (κ1) is 45.3. The van der Waals surface area contributed by atoms with Crippen molar-refractivity contribution in [1.29, 1.82) is 0 Å². The summed E-state index contributed by atoms with van der Waals surface area (Å²) in [6.07, 6.45) is 7.21. The fourth-order valence-electron chi connectivity index (χ4n) is 7.67. The number of allylic oxidation sites excluding steroid dienone is 2. The second kappa shape index (κ2) is 21.8. The molecule has 0 radical (unpaired) electrons. The van der Waals surface area contributed by atoms with Crippen LogP contribution in [0.15, 0.2) is 66.4 Å². The Kier molecular flexibility index (Phi) is 19.0. The van der Waals surface area contributed by atoms with Crippen molar-refractivity contribution < 1.29 is 25.8 Å². The Labute approximate surface area is 335 Å². The fraction of sp³-hybridized carbons (Fsp3) is 0.489.